The number of hydrogen-bond donors (Lipinski definition) is 2. The minimum Gasteiger partial charge on any atom is -0.462 e. The molecule has 0 saturated carbocycles. The van der Waals surface area contributed by atoms with E-state index in [4.69, 9.17) is 10.5 Å². The van der Waals surface area contributed by atoms with Crippen LogP contribution in [0, 0.1) is 6.92 Å². The maximum Gasteiger partial charge on any atom is 0.338 e. The average molecular weight is 537 g/mol. The number of anilines is 1. The molecule has 1 atom stereocenters. The largest absolute Gasteiger partial charge is 0.462 e. The van der Waals surface area contributed by atoms with Crippen LogP contribution in [0.3, 0.4) is 0 Å². The fraction of sp³-hybridized carbons (Fsp3) is 0.545. The van der Waals surface area contributed by atoms with Crippen molar-refractivity contribution in [3.05, 3.63) is 59.2 Å². The minimum absolute atomic E-state index is 0.0338. The molecule has 3 rings (SSSR count). The lowest BCUT2D eigenvalue weighted by molar-refractivity contribution is 0.0497. The SMILES string of the molecule is CC(O)C1=Nc2ccccc2C(=O)C1.CCCCCCCCCCCCCCOC(=O)c1ccc(C)c(N)c1. The average Bonchev–Trinajstić information content (AvgIpc) is 2.93. The summed E-state index contributed by atoms with van der Waals surface area (Å²) in [5.74, 6) is -0.235. The van der Waals surface area contributed by atoms with Gasteiger partial charge < -0.3 is 15.6 Å². The number of ketones is 1. The number of ether oxygens (including phenoxy) is 1. The lowest BCUT2D eigenvalue weighted by Gasteiger charge is -2.15. The molecule has 0 spiro atoms. The Morgan fingerprint density at radius 1 is 0.949 bits per heavy atom. The first-order valence-corrected chi connectivity index (χ1v) is 14.7. The molecule has 1 unspecified atom stereocenters. The van der Waals surface area contributed by atoms with E-state index in [1.165, 1.54) is 64.2 Å². The number of carbonyl (C=O) groups is 2. The summed E-state index contributed by atoms with van der Waals surface area (Å²) in [5, 5.41) is 9.34. The number of aliphatic hydroxyl groups excluding tert-OH is 1. The van der Waals surface area contributed by atoms with Crippen molar-refractivity contribution >= 4 is 28.8 Å². The second-order valence-corrected chi connectivity index (χ2v) is 10.5. The number of nitrogens with two attached hydrogens (primary N) is 1. The number of esters is 1. The molecule has 2 aromatic rings. The Kier molecular flexibility index (Phi) is 15.1. The van der Waals surface area contributed by atoms with Crippen molar-refractivity contribution in [3.63, 3.8) is 0 Å². The Bertz CT molecular complexity index is 1060. The number of hydrogen-bond acceptors (Lipinski definition) is 6. The molecule has 0 aromatic heterocycles. The van der Waals surface area contributed by atoms with E-state index in [2.05, 4.69) is 11.9 Å². The normalized spacial score (nSPS) is 13.1. The van der Waals surface area contributed by atoms with Gasteiger partial charge in [0.1, 0.15) is 0 Å². The van der Waals surface area contributed by atoms with Crippen LogP contribution >= 0.6 is 0 Å². The maximum absolute atomic E-state index is 11.9. The van der Waals surface area contributed by atoms with Crippen LogP contribution in [-0.4, -0.2) is 35.3 Å². The number of aryl methyl sites for hydroxylation is 1. The van der Waals surface area contributed by atoms with E-state index in [1.807, 2.05) is 25.1 Å². The first-order chi connectivity index (χ1) is 18.8. The molecule has 6 nitrogen and oxygen atoms in total. The van der Waals surface area contributed by atoms with Gasteiger partial charge in [0.25, 0.3) is 0 Å². The lowest BCUT2D eigenvalue weighted by atomic mass is 9.98. The molecule has 0 saturated heterocycles. The number of carbonyl (C=O) groups excluding carboxylic acids is 2. The van der Waals surface area contributed by atoms with Crippen LogP contribution < -0.4 is 5.73 Å². The molecule has 3 N–H and O–H groups in total. The molecule has 1 aliphatic heterocycles. The van der Waals surface area contributed by atoms with Crippen LogP contribution in [0.15, 0.2) is 47.5 Å². The molecule has 214 valence electrons. The fourth-order valence-electron chi connectivity index (χ4n) is 4.46. The van der Waals surface area contributed by atoms with E-state index in [-0.39, 0.29) is 18.2 Å². The summed E-state index contributed by atoms with van der Waals surface area (Å²) in [4.78, 5) is 27.8. The van der Waals surface area contributed by atoms with Gasteiger partial charge in [-0.15, -0.1) is 0 Å². The summed E-state index contributed by atoms with van der Waals surface area (Å²) < 4.78 is 5.32. The zero-order valence-corrected chi connectivity index (χ0v) is 24.2. The third-order valence-electron chi connectivity index (χ3n) is 7.04. The van der Waals surface area contributed by atoms with Crippen molar-refractivity contribution in [3.8, 4) is 0 Å². The van der Waals surface area contributed by atoms with Gasteiger partial charge in [0, 0.05) is 11.3 Å². The van der Waals surface area contributed by atoms with Crippen molar-refractivity contribution in [1.82, 2.24) is 0 Å². The monoisotopic (exact) mass is 536 g/mol. The van der Waals surface area contributed by atoms with Crippen molar-refractivity contribution in [1.29, 1.82) is 0 Å². The highest BCUT2D eigenvalue weighted by Crippen LogP contribution is 2.26. The van der Waals surface area contributed by atoms with E-state index in [1.54, 1.807) is 31.2 Å². The van der Waals surface area contributed by atoms with Crippen LogP contribution in [-0.2, 0) is 4.74 Å². The minimum atomic E-state index is -0.646. The first kappa shape index (κ1) is 32.2. The number of unbranched alkanes of at least 4 members (excludes halogenated alkanes) is 11. The third kappa shape index (κ3) is 12.2. The molecule has 0 bridgehead atoms. The number of nitrogens with zero attached hydrogens (tertiary/aromatic N) is 1. The molecule has 0 fully saturated rings. The number of benzene rings is 2. The van der Waals surface area contributed by atoms with Crippen molar-refractivity contribution in [2.45, 2.75) is 110 Å². The molecule has 1 aliphatic rings. The summed E-state index contributed by atoms with van der Waals surface area (Å²) in [6.45, 7) is 6.32. The highest BCUT2D eigenvalue weighted by molar-refractivity contribution is 6.16. The Labute approximate surface area is 235 Å². The Balaban J connectivity index is 0.000000318. The van der Waals surface area contributed by atoms with Gasteiger partial charge in [-0.3, -0.25) is 9.79 Å². The van der Waals surface area contributed by atoms with E-state index in [0.717, 1.165) is 18.4 Å². The van der Waals surface area contributed by atoms with E-state index in [0.29, 0.717) is 34.8 Å². The van der Waals surface area contributed by atoms with Gasteiger partial charge in [0.2, 0.25) is 0 Å². The zero-order chi connectivity index (χ0) is 28.5. The highest BCUT2D eigenvalue weighted by atomic mass is 16.5. The molecular formula is C33H48N2O4. The van der Waals surface area contributed by atoms with Crippen molar-refractivity contribution in [2.75, 3.05) is 12.3 Å². The Hall–Kier alpha value is -2.99. The van der Waals surface area contributed by atoms with Crippen molar-refractivity contribution in [2.24, 2.45) is 4.99 Å². The Morgan fingerprint density at radius 2 is 1.54 bits per heavy atom. The molecule has 39 heavy (non-hydrogen) atoms. The zero-order valence-electron chi connectivity index (χ0n) is 24.2. The van der Waals surface area contributed by atoms with Gasteiger partial charge in [0.05, 0.1) is 36.1 Å². The molecule has 0 aliphatic carbocycles. The Morgan fingerprint density at radius 3 is 2.13 bits per heavy atom. The van der Waals surface area contributed by atoms with Gasteiger partial charge >= 0.3 is 5.97 Å². The lowest BCUT2D eigenvalue weighted by Crippen LogP contribution is -2.23. The van der Waals surface area contributed by atoms with E-state index >= 15 is 0 Å². The first-order valence-electron chi connectivity index (χ1n) is 14.7. The predicted molar refractivity (Wildman–Crippen MR) is 161 cm³/mol. The number of nitrogen functional groups attached to an aromatic ring is 1. The van der Waals surface area contributed by atoms with Crippen LogP contribution in [0.4, 0.5) is 11.4 Å². The van der Waals surface area contributed by atoms with Gasteiger partial charge in [-0.1, -0.05) is 95.8 Å². The number of para-hydroxylation sites is 1. The van der Waals surface area contributed by atoms with E-state index < -0.39 is 6.10 Å². The number of fused-ring (bicyclic) bond motifs is 1. The highest BCUT2D eigenvalue weighted by Gasteiger charge is 2.21. The van der Waals surface area contributed by atoms with Crippen LogP contribution in [0.1, 0.15) is 124 Å². The number of aliphatic hydroxyl groups is 1. The van der Waals surface area contributed by atoms with E-state index in [9.17, 15) is 14.7 Å². The summed E-state index contributed by atoms with van der Waals surface area (Å²) >= 11 is 0. The molecule has 6 heteroatoms. The van der Waals surface area contributed by atoms with Crippen molar-refractivity contribution < 1.29 is 19.4 Å². The smallest absolute Gasteiger partial charge is 0.338 e. The third-order valence-corrected chi connectivity index (χ3v) is 7.04. The summed E-state index contributed by atoms with van der Waals surface area (Å²) in [5.41, 5.74) is 9.86. The second-order valence-electron chi connectivity index (χ2n) is 10.5. The van der Waals surface area contributed by atoms with Crippen LogP contribution in [0.25, 0.3) is 0 Å². The second kappa shape index (κ2) is 18.3. The number of aliphatic imine (C=N–C) groups is 1. The summed E-state index contributed by atoms with van der Waals surface area (Å²) in [6.07, 6.45) is 15.3. The van der Waals surface area contributed by atoms with Crippen LogP contribution in [0.2, 0.25) is 0 Å². The van der Waals surface area contributed by atoms with Gasteiger partial charge in [-0.2, -0.15) is 0 Å². The topological polar surface area (TPSA) is 102 Å². The van der Waals surface area contributed by atoms with Gasteiger partial charge in [0.15, 0.2) is 5.78 Å². The van der Waals surface area contributed by atoms with Crippen LogP contribution in [0.5, 0.6) is 0 Å². The standard InChI is InChI=1S/C22H37NO2.C11H11NO2/c1-3-4-5-6-7-8-9-10-11-12-13-14-17-25-22(24)20-16-15-19(2)21(23)18-20;1-7(13)10-6-11(14)8-4-2-3-5-9(8)12-10/h15-16,18H,3-14,17,23H2,1-2H3;2-5,7,13H,6H2,1H3. The fourth-order valence-corrected chi connectivity index (χ4v) is 4.46. The maximum atomic E-state index is 11.9. The molecule has 0 radical (unpaired) electrons. The molecule has 0 amide bonds. The molecular weight excluding hydrogens is 488 g/mol. The predicted octanol–water partition coefficient (Wildman–Crippen LogP) is 8.16. The summed E-state index contributed by atoms with van der Waals surface area (Å²) in [6, 6.07) is 12.5. The molecule has 2 aromatic carbocycles. The van der Waals surface area contributed by atoms with Gasteiger partial charge in [-0.25, -0.2) is 4.79 Å². The number of rotatable bonds is 15. The quantitative estimate of drug-likeness (QED) is 0.136. The molecule has 1 heterocycles. The summed E-state index contributed by atoms with van der Waals surface area (Å²) in [7, 11) is 0. The van der Waals surface area contributed by atoms with Gasteiger partial charge in [-0.05, 0) is 50.1 Å². The number of Topliss-reactive ketones (excluding diaryl/α,β-unsaturated/α-hetero) is 1.